The van der Waals surface area contributed by atoms with Crippen molar-refractivity contribution in [2.24, 2.45) is 5.84 Å². The van der Waals surface area contributed by atoms with Crippen LogP contribution in [0.1, 0.15) is 16.3 Å². The van der Waals surface area contributed by atoms with E-state index in [2.05, 4.69) is 4.98 Å². The van der Waals surface area contributed by atoms with Crippen LogP contribution in [0.2, 0.25) is 0 Å². The van der Waals surface area contributed by atoms with Crippen LogP contribution in [-0.4, -0.2) is 10.9 Å². The van der Waals surface area contributed by atoms with Gasteiger partial charge in [0, 0.05) is 11.1 Å². The average Bonchev–Trinajstić information content (AvgIpc) is 2.86. The van der Waals surface area contributed by atoms with E-state index in [0.29, 0.717) is 17.3 Å². The van der Waals surface area contributed by atoms with Gasteiger partial charge in [-0.15, -0.1) is 11.8 Å². The van der Waals surface area contributed by atoms with Gasteiger partial charge in [0.1, 0.15) is 11.6 Å². The Balaban J connectivity index is 1.96. The van der Waals surface area contributed by atoms with Crippen molar-refractivity contribution < 1.29 is 9.21 Å². The standard InChI is InChI=1S/C11H12N4O2S/c12-10-4-2-8(5-14-10)18-6-7-1-3-9(17-7)11(16)15-13/h1-5H,6,13H2,(H2,12,14)(H,15,16). The van der Waals surface area contributed by atoms with Gasteiger partial charge in [0.15, 0.2) is 5.76 Å². The molecular weight excluding hydrogens is 252 g/mol. The number of nitrogens with two attached hydrogens (primary N) is 2. The van der Waals surface area contributed by atoms with Crippen LogP contribution in [0.25, 0.3) is 0 Å². The Morgan fingerprint density at radius 1 is 1.39 bits per heavy atom. The van der Waals surface area contributed by atoms with Crippen LogP contribution < -0.4 is 17.0 Å². The lowest BCUT2D eigenvalue weighted by atomic mass is 10.4. The van der Waals surface area contributed by atoms with Crippen LogP contribution >= 0.6 is 11.8 Å². The number of furan rings is 1. The van der Waals surface area contributed by atoms with Crippen molar-refractivity contribution in [3.05, 3.63) is 42.0 Å². The fourth-order valence-electron chi connectivity index (χ4n) is 1.28. The van der Waals surface area contributed by atoms with E-state index in [1.165, 1.54) is 0 Å². The minimum Gasteiger partial charge on any atom is -0.455 e. The first-order chi connectivity index (χ1) is 8.69. The maximum Gasteiger partial charge on any atom is 0.300 e. The van der Waals surface area contributed by atoms with E-state index in [-0.39, 0.29) is 5.76 Å². The Labute approximate surface area is 108 Å². The number of nitrogen functional groups attached to an aromatic ring is 2. The number of hydrogen-bond acceptors (Lipinski definition) is 6. The summed E-state index contributed by atoms with van der Waals surface area (Å²) in [6, 6.07) is 6.93. The third-order valence-corrected chi connectivity index (χ3v) is 3.16. The molecule has 2 heterocycles. The molecule has 5 N–H and O–H groups in total. The normalized spacial score (nSPS) is 10.3. The van der Waals surface area contributed by atoms with Gasteiger partial charge in [0.05, 0.1) is 5.75 Å². The minimum atomic E-state index is -0.444. The zero-order valence-electron chi connectivity index (χ0n) is 9.42. The number of nitrogens with one attached hydrogen (secondary N) is 1. The number of aromatic nitrogens is 1. The van der Waals surface area contributed by atoms with E-state index in [0.717, 1.165) is 4.90 Å². The SMILES string of the molecule is NNC(=O)c1ccc(CSc2ccc(N)nc2)o1. The van der Waals surface area contributed by atoms with Crippen molar-refractivity contribution in [2.75, 3.05) is 5.73 Å². The summed E-state index contributed by atoms with van der Waals surface area (Å²) in [4.78, 5) is 16.1. The molecule has 7 heteroatoms. The second-order valence-corrected chi connectivity index (χ2v) is 4.50. The van der Waals surface area contributed by atoms with Gasteiger partial charge in [-0.25, -0.2) is 10.8 Å². The van der Waals surface area contributed by atoms with E-state index in [1.807, 2.05) is 11.5 Å². The van der Waals surface area contributed by atoms with Crippen LogP contribution in [0.4, 0.5) is 5.82 Å². The number of pyridine rings is 1. The Kier molecular flexibility index (Phi) is 3.85. The molecule has 0 atom stereocenters. The Morgan fingerprint density at radius 3 is 2.89 bits per heavy atom. The van der Waals surface area contributed by atoms with Gasteiger partial charge >= 0.3 is 5.91 Å². The number of amides is 1. The number of rotatable bonds is 4. The molecule has 0 radical (unpaired) electrons. The predicted octanol–water partition coefficient (Wildman–Crippen LogP) is 1.15. The monoisotopic (exact) mass is 264 g/mol. The molecule has 2 aromatic rings. The van der Waals surface area contributed by atoms with Crippen molar-refractivity contribution in [3.63, 3.8) is 0 Å². The van der Waals surface area contributed by atoms with Crippen LogP contribution in [0.3, 0.4) is 0 Å². The van der Waals surface area contributed by atoms with E-state index in [1.54, 1.807) is 36.2 Å². The summed E-state index contributed by atoms with van der Waals surface area (Å²) in [5, 5.41) is 0. The highest BCUT2D eigenvalue weighted by Crippen LogP contribution is 2.23. The molecule has 0 bridgehead atoms. The quantitative estimate of drug-likeness (QED) is 0.331. The van der Waals surface area contributed by atoms with E-state index >= 15 is 0 Å². The summed E-state index contributed by atoms with van der Waals surface area (Å²) in [6.45, 7) is 0. The largest absolute Gasteiger partial charge is 0.455 e. The summed E-state index contributed by atoms with van der Waals surface area (Å²) in [6.07, 6.45) is 1.69. The Morgan fingerprint density at radius 2 is 2.22 bits per heavy atom. The van der Waals surface area contributed by atoms with E-state index in [9.17, 15) is 4.79 Å². The Hall–Kier alpha value is -1.99. The molecule has 18 heavy (non-hydrogen) atoms. The summed E-state index contributed by atoms with van der Waals surface area (Å²) in [5.41, 5.74) is 7.50. The molecule has 2 aromatic heterocycles. The maximum absolute atomic E-state index is 11.2. The molecule has 6 nitrogen and oxygen atoms in total. The molecule has 0 spiro atoms. The molecule has 0 aliphatic rings. The van der Waals surface area contributed by atoms with Crippen molar-refractivity contribution in [2.45, 2.75) is 10.6 Å². The zero-order valence-corrected chi connectivity index (χ0v) is 10.2. The topological polar surface area (TPSA) is 107 Å². The molecule has 0 aliphatic heterocycles. The summed E-state index contributed by atoms with van der Waals surface area (Å²) in [7, 11) is 0. The second-order valence-electron chi connectivity index (χ2n) is 3.45. The van der Waals surface area contributed by atoms with Crippen molar-refractivity contribution >= 4 is 23.5 Å². The third kappa shape index (κ3) is 3.02. The van der Waals surface area contributed by atoms with Crippen molar-refractivity contribution in [1.29, 1.82) is 0 Å². The highest BCUT2D eigenvalue weighted by Gasteiger charge is 2.09. The average molecular weight is 264 g/mol. The zero-order chi connectivity index (χ0) is 13.0. The highest BCUT2D eigenvalue weighted by molar-refractivity contribution is 7.98. The lowest BCUT2D eigenvalue weighted by Crippen LogP contribution is -2.29. The molecule has 94 valence electrons. The van der Waals surface area contributed by atoms with E-state index in [4.69, 9.17) is 16.0 Å². The van der Waals surface area contributed by atoms with E-state index < -0.39 is 5.91 Å². The lowest BCUT2D eigenvalue weighted by molar-refractivity contribution is 0.0924. The number of hydrogen-bond donors (Lipinski definition) is 3. The predicted molar refractivity (Wildman–Crippen MR) is 68.6 cm³/mol. The second kappa shape index (κ2) is 5.56. The van der Waals surface area contributed by atoms with Gasteiger partial charge in [-0.05, 0) is 24.3 Å². The van der Waals surface area contributed by atoms with Crippen molar-refractivity contribution in [3.8, 4) is 0 Å². The maximum atomic E-state index is 11.2. The molecule has 0 saturated carbocycles. The fourth-order valence-corrected chi connectivity index (χ4v) is 2.04. The summed E-state index contributed by atoms with van der Waals surface area (Å²) >= 11 is 1.54. The molecule has 0 saturated heterocycles. The highest BCUT2D eigenvalue weighted by atomic mass is 32.2. The molecule has 0 aliphatic carbocycles. The van der Waals surface area contributed by atoms with Gasteiger partial charge in [-0.2, -0.15) is 0 Å². The summed E-state index contributed by atoms with van der Waals surface area (Å²) < 4.78 is 5.32. The molecule has 1 amide bonds. The number of hydrazine groups is 1. The number of carbonyl (C=O) groups is 1. The van der Waals surface area contributed by atoms with Crippen LogP contribution in [0, 0.1) is 0 Å². The number of carbonyl (C=O) groups excluding carboxylic acids is 1. The van der Waals surface area contributed by atoms with Gasteiger partial charge < -0.3 is 10.2 Å². The lowest BCUT2D eigenvalue weighted by Gasteiger charge is -1.99. The smallest absolute Gasteiger partial charge is 0.300 e. The molecule has 0 aromatic carbocycles. The number of anilines is 1. The van der Waals surface area contributed by atoms with Gasteiger partial charge in [-0.3, -0.25) is 10.2 Å². The van der Waals surface area contributed by atoms with Gasteiger partial charge in [0.2, 0.25) is 0 Å². The van der Waals surface area contributed by atoms with Crippen LogP contribution in [0.5, 0.6) is 0 Å². The van der Waals surface area contributed by atoms with Gasteiger partial charge in [-0.1, -0.05) is 0 Å². The molecular formula is C11H12N4O2S. The number of thioether (sulfide) groups is 1. The first-order valence-corrected chi connectivity index (χ1v) is 6.11. The fraction of sp³-hybridized carbons (Fsp3) is 0.0909. The van der Waals surface area contributed by atoms with Crippen molar-refractivity contribution in [1.82, 2.24) is 10.4 Å². The molecule has 0 unspecified atom stereocenters. The third-order valence-electron chi connectivity index (χ3n) is 2.16. The molecule has 0 fully saturated rings. The Bertz CT molecular complexity index is 538. The molecule has 2 rings (SSSR count). The van der Waals surface area contributed by atoms with Crippen LogP contribution in [-0.2, 0) is 5.75 Å². The first-order valence-electron chi connectivity index (χ1n) is 5.13. The van der Waals surface area contributed by atoms with Gasteiger partial charge in [0.25, 0.3) is 0 Å². The number of nitrogens with zero attached hydrogens (tertiary/aromatic N) is 1. The first kappa shape index (κ1) is 12.5. The van der Waals surface area contributed by atoms with Crippen LogP contribution in [0.15, 0.2) is 39.8 Å². The minimum absolute atomic E-state index is 0.198. The summed E-state index contributed by atoms with van der Waals surface area (Å²) in [5.74, 6) is 6.54.